The Balaban J connectivity index is 2.02. The molecule has 0 spiro atoms. The van der Waals surface area contributed by atoms with Gasteiger partial charge in [0.15, 0.2) is 11.5 Å². The van der Waals surface area contributed by atoms with Gasteiger partial charge >= 0.3 is 0 Å². The predicted octanol–water partition coefficient (Wildman–Crippen LogP) is 0.764. The lowest BCUT2D eigenvalue weighted by molar-refractivity contribution is 0.0397. The van der Waals surface area contributed by atoms with E-state index in [0.29, 0.717) is 13.2 Å². The number of hydrogen-bond donors (Lipinski definition) is 2. The van der Waals surface area contributed by atoms with Crippen molar-refractivity contribution in [1.82, 2.24) is 5.01 Å². The molecule has 2 N–H and O–H groups in total. The van der Waals surface area contributed by atoms with Gasteiger partial charge in [-0.3, -0.25) is 5.01 Å². The molecular formula is C11H14N2O3. The molecule has 1 aromatic carbocycles. The van der Waals surface area contributed by atoms with Crippen molar-refractivity contribution >= 4 is 6.21 Å². The molecule has 0 unspecified atom stereocenters. The zero-order valence-corrected chi connectivity index (χ0v) is 8.83. The molecule has 16 heavy (non-hydrogen) atoms. The normalized spacial score (nSPS) is 16.9. The van der Waals surface area contributed by atoms with Gasteiger partial charge in [-0.2, -0.15) is 5.10 Å². The van der Waals surface area contributed by atoms with Crippen molar-refractivity contribution in [3.63, 3.8) is 0 Å². The van der Waals surface area contributed by atoms with Gasteiger partial charge in [-0.05, 0) is 23.8 Å². The Kier molecular flexibility index (Phi) is 3.26. The van der Waals surface area contributed by atoms with Gasteiger partial charge in [0.2, 0.25) is 0 Å². The van der Waals surface area contributed by atoms with E-state index < -0.39 is 0 Å². The van der Waals surface area contributed by atoms with Crippen molar-refractivity contribution < 1.29 is 14.9 Å². The molecule has 2 rings (SSSR count). The van der Waals surface area contributed by atoms with Crippen LogP contribution in [0.5, 0.6) is 11.5 Å². The Morgan fingerprint density at radius 1 is 1.19 bits per heavy atom. The average molecular weight is 222 g/mol. The minimum absolute atomic E-state index is 0.122. The van der Waals surface area contributed by atoms with E-state index in [0.717, 1.165) is 18.7 Å². The van der Waals surface area contributed by atoms with Gasteiger partial charge in [0.1, 0.15) is 0 Å². The molecule has 1 aromatic rings. The molecule has 0 aliphatic carbocycles. The lowest BCUT2D eigenvalue weighted by Gasteiger charge is -2.23. The summed E-state index contributed by atoms with van der Waals surface area (Å²) in [6, 6.07) is 4.61. The Bertz CT molecular complexity index is 387. The smallest absolute Gasteiger partial charge is 0.158 e. The lowest BCUT2D eigenvalue weighted by Crippen LogP contribution is -2.32. The quantitative estimate of drug-likeness (QED) is 0.573. The van der Waals surface area contributed by atoms with E-state index in [9.17, 15) is 5.11 Å². The molecule has 1 saturated heterocycles. The molecule has 1 aliphatic heterocycles. The number of phenols is 2. The third-order valence-corrected chi connectivity index (χ3v) is 2.36. The number of hydrazone groups is 1. The van der Waals surface area contributed by atoms with E-state index in [1.165, 1.54) is 12.1 Å². The van der Waals surface area contributed by atoms with Crippen LogP contribution in [0.4, 0.5) is 0 Å². The van der Waals surface area contributed by atoms with Gasteiger partial charge in [-0.15, -0.1) is 0 Å². The number of nitrogens with zero attached hydrogens (tertiary/aromatic N) is 2. The number of rotatable bonds is 2. The average Bonchev–Trinajstić information content (AvgIpc) is 2.32. The van der Waals surface area contributed by atoms with Crippen molar-refractivity contribution in [3.05, 3.63) is 23.8 Å². The monoisotopic (exact) mass is 222 g/mol. The maximum Gasteiger partial charge on any atom is 0.158 e. The van der Waals surface area contributed by atoms with Gasteiger partial charge in [-0.25, -0.2) is 0 Å². The first-order chi connectivity index (χ1) is 7.75. The summed E-state index contributed by atoms with van der Waals surface area (Å²) in [5.74, 6) is -0.255. The van der Waals surface area contributed by atoms with Crippen molar-refractivity contribution in [3.8, 4) is 11.5 Å². The largest absolute Gasteiger partial charge is 0.504 e. The zero-order valence-electron chi connectivity index (χ0n) is 8.83. The molecule has 0 bridgehead atoms. The first-order valence-electron chi connectivity index (χ1n) is 5.14. The maximum atomic E-state index is 9.29. The Labute approximate surface area is 93.6 Å². The lowest BCUT2D eigenvalue weighted by atomic mass is 10.2. The van der Waals surface area contributed by atoms with Crippen molar-refractivity contribution in [2.24, 2.45) is 5.10 Å². The Morgan fingerprint density at radius 2 is 1.94 bits per heavy atom. The molecule has 1 aliphatic rings. The summed E-state index contributed by atoms with van der Waals surface area (Å²) in [5, 5.41) is 24.6. The summed E-state index contributed by atoms with van der Waals surface area (Å²) in [6.45, 7) is 2.94. The number of morpholine rings is 1. The molecule has 5 nitrogen and oxygen atoms in total. The van der Waals surface area contributed by atoms with Crippen LogP contribution in [0, 0.1) is 0 Å². The SMILES string of the molecule is Oc1ccc(/C=N/N2CCOCC2)cc1O. The minimum atomic E-state index is -0.133. The van der Waals surface area contributed by atoms with Crippen molar-refractivity contribution in [2.45, 2.75) is 0 Å². The molecule has 0 saturated carbocycles. The van der Waals surface area contributed by atoms with E-state index in [1.807, 2.05) is 5.01 Å². The van der Waals surface area contributed by atoms with E-state index in [-0.39, 0.29) is 11.5 Å². The van der Waals surface area contributed by atoms with Gasteiger partial charge in [0.05, 0.1) is 32.5 Å². The second kappa shape index (κ2) is 4.85. The second-order valence-corrected chi connectivity index (χ2v) is 3.56. The van der Waals surface area contributed by atoms with Crippen LogP contribution in [0.1, 0.15) is 5.56 Å². The number of ether oxygens (including phenoxy) is 1. The van der Waals surface area contributed by atoms with Crippen LogP contribution in [0.25, 0.3) is 0 Å². The fourth-order valence-electron chi connectivity index (χ4n) is 1.44. The van der Waals surface area contributed by atoms with Crippen molar-refractivity contribution in [1.29, 1.82) is 0 Å². The van der Waals surface area contributed by atoms with Crippen LogP contribution in [0.2, 0.25) is 0 Å². The van der Waals surface area contributed by atoms with E-state index >= 15 is 0 Å². The number of aromatic hydroxyl groups is 2. The van der Waals surface area contributed by atoms with Crippen LogP contribution in [0.3, 0.4) is 0 Å². The third-order valence-electron chi connectivity index (χ3n) is 2.36. The van der Waals surface area contributed by atoms with Crippen LogP contribution in [-0.4, -0.2) is 47.7 Å². The van der Waals surface area contributed by atoms with E-state index in [4.69, 9.17) is 9.84 Å². The summed E-state index contributed by atoms with van der Waals surface area (Å²) in [4.78, 5) is 0. The fraction of sp³-hybridized carbons (Fsp3) is 0.364. The third kappa shape index (κ3) is 2.64. The zero-order chi connectivity index (χ0) is 11.4. The molecule has 1 heterocycles. The van der Waals surface area contributed by atoms with Crippen LogP contribution in [-0.2, 0) is 4.74 Å². The minimum Gasteiger partial charge on any atom is -0.504 e. The second-order valence-electron chi connectivity index (χ2n) is 3.56. The highest BCUT2D eigenvalue weighted by atomic mass is 16.5. The van der Waals surface area contributed by atoms with Crippen LogP contribution < -0.4 is 0 Å². The molecule has 1 fully saturated rings. The molecule has 5 heteroatoms. The Hall–Kier alpha value is -1.75. The van der Waals surface area contributed by atoms with E-state index in [1.54, 1.807) is 12.3 Å². The first kappa shape index (κ1) is 10.8. The highest BCUT2D eigenvalue weighted by molar-refractivity contribution is 5.80. The summed E-state index contributed by atoms with van der Waals surface area (Å²) < 4.78 is 5.20. The number of phenolic OH excluding ortho intramolecular Hbond substituents is 2. The predicted molar refractivity (Wildman–Crippen MR) is 59.8 cm³/mol. The van der Waals surface area contributed by atoms with Gasteiger partial charge in [-0.1, -0.05) is 0 Å². The molecule has 0 radical (unpaired) electrons. The molecule has 0 aromatic heterocycles. The summed E-state index contributed by atoms with van der Waals surface area (Å²) in [6.07, 6.45) is 1.66. The topological polar surface area (TPSA) is 65.3 Å². The summed E-state index contributed by atoms with van der Waals surface area (Å²) >= 11 is 0. The molecule has 0 amide bonds. The van der Waals surface area contributed by atoms with Gasteiger partial charge < -0.3 is 14.9 Å². The number of benzene rings is 1. The van der Waals surface area contributed by atoms with Crippen LogP contribution in [0.15, 0.2) is 23.3 Å². The summed E-state index contributed by atoms with van der Waals surface area (Å²) in [7, 11) is 0. The molecule has 86 valence electrons. The van der Waals surface area contributed by atoms with E-state index in [2.05, 4.69) is 5.10 Å². The van der Waals surface area contributed by atoms with Crippen LogP contribution >= 0.6 is 0 Å². The molecule has 0 atom stereocenters. The first-order valence-corrected chi connectivity index (χ1v) is 5.14. The Morgan fingerprint density at radius 3 is 2.62 bits per heavy atom. The van der Waals surface area contributed by atoms with Gasteiger partial charge in [0.25, 0.3) is 0 Å². The fourth-order valence-corrected chi connectivity index (χ4v) is 1.44. The highest BCUT2D eigenvalue weighted by Crippen LogP contribution is 2.24. The summed E-state index contributed by atoms with van der Waals surface area (Å²) in [5.41, 5.74) is 0.752. The molecular weight excluding hydrogens is 208 g/mol. The van der Waals surface area contributed by atoms with Gasteiger partial charge in [0, 0.05) is 0 Å². The van der Waals surface area contributed by atoms with Crippen molar-refractivity contribution in [2.75, 3.05) is 26.3 Å². The maximum absolute atomic E-state index is 9.29. The number of hydrogen-bond acceptors (Lipinski definition) is 5. The standard InChI is InChI=1S/C11H14N2O3/c14-10-2-1-9(7-11(10)15)8-12-13-3-5-16-6-4-13/h1-2,7-8,14-15H,3-6H2/b12-8+. The highest BCUT2D eigenvalue weighted by Gasteiger charge is 2.06.